The van der Waals surface area contributed by atoms with Gasteiger partial charge in [-0.2, -0.15) is 0 Å². The van der Waals surface area contributed by atoms with Gasteiger partial charge in [-0.3, -0.25) is 18.9 Å². The van der Waals surface area contributed by atoms with Crippen molar-refractivity contribution >= 4 is 15.9 Å². The van der Waals surface area contributed by atoms with Crippen molar-refractivity contribution in [2.75, 3.05) is 47.8 Å². The van der Waals surface area contributed by atoms with Gasteiger partial charge in [0.15, 0.2) is 14.5 Å². The van der Waals surface area contributed by atoms with E-state index >= 15 is 0 Å². The molecule has 0 aliphatic rings. The third kappa shape index (κ3) is 9.71. The van der Waals surface area contributed by atoms with Gasteiger partial charge in [0.1, 0.15) is 6.10 Å². The van der Waals surface area contributed by atoms with Crippen molar-refractivity contribution in [3.63, 3.8) is 0 Å². The van der Waals surface area contributed by atoms with Crippen molar-refractivity contribution in [2.24, 2.45) is 0 Å². The summed E-state index contributed by atoms with van der Waals surface area (Å²) in [4.78, 5) is 26.2. The number of nitrogens with one attached hydrogen (secondary N) is 1. The van der Waals surface area contributed by atoms with Gasteiger partial charge < -0.3 is 27.7 Å². The van der Waals surface area contributed by atoms with Crippen LogP contribution in [-0.4, -0.2) is 71.7 Å². The lowest BCUT2D eigenvalue weighted by Crippen LogP contribution is -2.43. The van der Waals surface area contributed by atoms with Crippen LogP contribution < -0.4 is 11.2 Å². The summed E-state index contributed by atoms with van der Waals surface area (Å²) in [7, 11) is -1.51. The van der Waals surface area contributed by atoms with Gasteiger partial charge in [0.25, 0.3) is 5.56 Å². The first-order chi connectivity index (χ1) is 15.8. The largest absolute Gasteiger partial charge is 0.414 e. The molecule has 1 aromatic heterocycles. The van der Waals surface area contributed by atoms with E-state index in [1.807, 2.05) is 0 Å². The van der Waals surface area contributed by atoms with Gasteiger partial charge in [-0.25, -0.2) is 4.79 Å². The van der Waals surface area contributed by atoms with Crippen LogP contribution in [0, 0.1) is 0 Å². The van der Waals surface area contributed by atoms with Crippen molar-refractivity contribution in [1.29, 1.82) is 0 Å². The van der Waals surface area contributed by atoms with E-state index in [1.54, 1.807) is 7.11 Å². The molecule has 196 valence electrons. The number of methoxy groups -OCH3 is 1. The minimum atomic E-state index is -3.46. The molecule has 1 N–H and O–H groups in total. The molecular weight excluding hydrogens is 483 g/mol. The maximum Gasteiger partial charge on any atom is 0.353 e. The van der Waals surface area contributed by atoms with Gasteiger partial charge in [-0.05, 0) is 24.2 Å². The topological polar surface area (TPSA) is 127 Å². The second-order valence-corrected chi connectivity index (χ2v) is 15.9. The summed E-state index contributed by atoms with van der Waals surface area (Å²) in [6, 6.07) is 1.22. The normalized spacial score (nSPS) is 15.1. The quantitative estimate of drug-likeness (QED) is 0.210. The molecule has 0 amide bonds. The average molecular weight is 523 g/mol. The Morgan fingerprint density at radius 2 is 1.76 bits per heavy atom. The fourth-order valence-electron chi connectivity index (χ4n) is 2.41. The molecule has 34 heavy (non-hydrogen) atoms. The molecule has 0 spiro atoms. The van der Waals surface area contributed by atoms with Crippen LogP contribution in [0.2, 0.25) is 18.1 Å². The highest BCUT2D eigenvalue weighted by Gasteiger charge is 2.38. The Bertz CT molecular complexity index is 931. The minimum Gasteiger partial charge on any atom is -0.414 e. The molecule has 0 saturated carbocycles. The monoisotopic (exact) mass is 522 g/mol. The molecular formula is C21H39N2O9PSi. The summed E-state index contributed by atoms with van der Waals surface area (Å²) in [5.74, 6) is 1.30. The Labute approximate surface area is 202 Å². The maximum atomic E-state index is 12.6. The number of rotatable bonds is 15. The van der Waals surface area contributed by atoms with Crippen molar-refractivity contribution in [2.45, 2.75) is 51.2 Å². The lowest BCUT2D eigenvalue weighted by atomic mass is 10.2. The van der Waals surface area contributed by atoms with Crippen LogP contribution in [-0.2, 0) is 32.2 Å². The molecule has 1 aromatic rings. The molecule has 2 atom stereocenters. The van der Waals surface area contributed by atoms with E-state index in [2.05, 4.69) is 38.8 Å². The average Bonchev–Trinajstić information content (AvgIpc) is 2.76. The van der Waals surface area contributed by atoms with Gasteiger partial charge in [0.05, 0.1) is 26.4 Å². The van der Waals surface area contributed by atoms with E-state index in [-0.39, 0.29) is 24.9 Å². The first-order valence-corrected chi connectivity index (χ1v) is 15.4. The first-order valence-electron chi connectivity index (χ1n) is 10.9. The van der Waals surface area contributed by atoms with E-state index in [1.165, 1.54) is 42.9 Å². The lowest BCUT2D eigenvalue weighted by molar-refractivity contribution is -0.0971. The van der Waals surface area contributed by atoms with Gasteiger partial charge in [-0.1, -0.05) is 20.8 Å². The van der Waals surface area contributed by atoms with E-state index in [0.717, 1.165) is 0 Å². The van der Waals surface area contributed by atoms with Gasteiger partial charge in [-0.15, -0.1) is 0 Å². The molecule has 0 aromatic carbocycles. The van der Waals surface area contributed by atoms with E-state index in [9.17, 15) is 14.2 Å². The zero-order valence-electron chi connectivity index (χ0n) is 21.4. The maximum absolute atomic E-state index is 12.6. The Hall–Kier alpha value is -1.37. The molecule has 0 bridgehead atoms. The summed E-state index contributed by atoms with van der Waals surface area (Å²) >= 11 is 0. The van der Waals surface area contributed by atoms with E-state index < -0.39 is 39.5 Å². The number of nitrogens with zero attached hydrogens (tertiary/aromatic N) is 1. The number of aromatic amines is 1. The molecule has 13 heteroatoms. The number of hydrogen-bond acceptors (Lipinski definition) is 9. The molecule has 0 aliphatic carbocycles. The van der Waals surface area contributed by atoms with Gasteiger partial charge in [0.2, 0.25) is 0 Å². The molecule has 1 heterocycles. The zero-order chi connectivity index (χ0) is 26.0. The number of H-pyrrole nitrogens is 1. The van der Waals surface area contributed by atoms with Crippen molar-refractivity contribution in [1.82, 2.24) is 9.55 Å². The standard InChI is InChI=1S/C21H39N2O9PSi/c1-21(2,3)34(7,8)31-15-17(10-14-33(26,28-5)29-6)32-19(16-30-13-12-27-4)23-11-9-18(24)22-20(23)25/h9-11,14,17,19H,12-13,15-16H2,1-8H3,(H,22,24,25)/b14-10+/t17-,19-/m1/s1. The van der Waals surface area contributed by atoms with Crippen LogP contribution in [0.25, 0.3) is 0 Å². The fourth-order valence-corrected chi connectivity index (χ4v) is 4.22. The molecule has 11 nitrogen and oxygen atoms in total. The summed E-state index contributed by atoms with van der Waals surface area (Å²) in [6.45, 7) is 11.3. The van der Waals surface area contributed by atoms with Crippen LogP contribution in [0.15, 0.2) is 33.7 Å². The van der Waals surface area contributed by atoms with Crippen LogP contribution in [0.5, 0.6) is 0 Å². The Morgan fingerprint density at radius 3 is 2.29 bits per heavy atom. The number of hydrogen-bond donors (Lipinski definition) is 1. The SMILES string of the molecule is COCCOC[C@@H](O[C@H](/C=C/P(=O)(OC)OC)CO[Si](C)(C)C(C)(C)C)n1ccc(=O)[nH]c1=O. The third-order valence-corrected chi connectivity index (χ3v) is 11.6. The van der Waals surface area contributed by atoms with Crippen LogP contribution in [0.4, 0.5) is 0 Å². The van der Waals surface area contributed by atoms with Gasteiger partial charge >= 0.3 is 13.3 Å². The highest BCUT2D eigenvalue weighted by molar-refractivity contribution is 7.57. The Balaban J connectivity index is 3.26. The van der Waals surface area contributed by atoms with Crippen LogP contribution >= 0.6 is 7.60 Å². The zero-order valence-corrected chi connectivity index (χ0v) is 23.3. The second-order valence-electron chi connectivity index (χ2n) is 9.03. The fraction of sp³-hybridized carbons (Fsp3) is 0.714. The van der Waals surface area contributed by atoms with Crippen molar-refractivity contribution < 1.29 is 32.2 Å². The lowest BCUT2D eigenvalue weighted by Gasteiger charge is -2.37. The smallest absolute Gasteiger partial charge is 0.353 e. The summed E-state index contributed by atoms with van der Waals surface area (Å²) in [5, 5.41) is -0.0475. The number of ether oxygens (including phenoxy) is 3. The molecule has 0 aliphatic heterocycles. The highest BCUT2D eigenvalue weighted by Crippen LogP contribution is 2.48. The minimum absolute atomic E-state index is 0.00798. The van der Waals surface area contributed by atoms with Crippen LogP contribution in [0.3, 0.4) is 0 Å². The van der Waals surface area contributed by atoms with Crippen molar-refractivity contribution in [3.8, 4) is 0 Å². The second kappa shape index (κ2) is 13.6. The molecule has 0 saturated heterocycles. The van der Waals surface area contributed by atoms with Crippen LogP contribution in [0.1, 0.15) is 27.0 Å². The first kappa shape index (κ1) is 30.7. The Kier molecular flexibility index (Phi) is 12.3. The third-order valence-electron chi connectivity index (χ3n) is 5.59. The summed E-state index contributed by atoms with van der Waals surface area (Å²) in [6.07, 6.45) is 1.21. The summed E-state index contributed by atoms with van der Waals surface area (Å²) in [5.41, 5.74) is -1.18. The predicted molar refractivity (Wildman–Crippen MR) is 132 cm³/mol. The van der Waals surface area contributed by atoms with Gasteiger partial charge in [0, 0.05) is 39.4 Å². The molecule has 0 fully saturated rings. The predicted octanol–water partition coefficient (Wildman–Crippen LogP) is 3.10. The molecule has 0 radical (unpaired) electrons. The highest BCUT2D eigenvalue weighted by atomic mass is 31.2. The van der Waals surface area contributed by atoms with Crippen molar-refractivity contribution in [3.05, 3.63) is 45.0 Å². The van der Waals surface area contributed by atoms with E-state index in [4.69, 9.17) is 27.7 Å². The Morgan fingerprint density at radius 1 is 1.12 bits per heavy atom. The molecule has 1 rings (SSSR count). The van der Waals surface area contributed by atoms with E-state index in [0.29, 0.717) is 6.61 Å². The number of aromatic nitrogens is 2. The summed E-state index contributed by atoms with van der Waals surface area (Å²) < 4.78 is 46.8. The molecule has 0 unspecified atom stereocenters.